The van der Waals surface area contributed by atoms with E-state index in [1.807, 2.05) is 12.1 Å². The van der Waals surface area contributed by atoms with Gasteiger partial charge in [-0.3, -0.25) is 9.59 Å². The normalized spacial score (nSPS) is 13.3. The van der Waals surface area contributed by atoms with Gasteiger partial charge in [0.15, 0.2) is 0 Å². The number of nitrogens with one attached hydrogen (secondary N) is 1. The number of carbonyl (C=O) groups excluding carboxylic acids is 2. The SMILES string of the molecule is CC(=O)Nc1ccc(CC(=O)N(Cc2c(F)cccc2Cl)C2CC2)cc1. The summed E-state index contributed by atoms with van der Waals surface area (Å²) in [4.78, 5) is 25.6. The highest BCUT2D eigenvalue weighted by atomic mass is 35.5. The van der Waals surface area contributed by atoms with Gasteiger partial charge in [-0.25, -0.2) is 4.39 Å². The first-order valence-electron chi connectivity index (χ1n) is 8.53. The Kier molecular flexibility index (Phi) is 5.57. The Hall–Kier alpha value is -2.40. The van der Waals surface area contributed by atoms with Crippen LogP contribution in [0.2, 0.25) is 5.02 Å². The van der Waals surface area contributed by atoms with E-state index in [0.29, 0.717) is 16.3 Å². The van der Waals surface area contributed by atoms with Gasteiger partial charge < -0.3 is 10.2 Å². The fourth-order valence-corrected chi connectivity index (χ4v) is 3.07. The first kappa shape index (κ1) is 18.4. The Morgan fingerprint density at radius 1 is 1.19 bits per heavy atom. The van der Waals surface area contributed by atoms with Gasteiger partial charge in [0.25, 0.3) is 0 Å². The lowest BCUT2D eigenvalue weighted by Crippen LogP contribution is -2.34. The molecule has 0 atom stereocenters. The minimum absolute atomic E-state index is 0.0564. The maximum atomic E-state index is 14.1. The second-order valence-electron chi connectivity index (χ2n) is 6.51. The highest BCUT2D eigenvalue weighted by Crippen LogP contribution is 2.31. The van der Waals surface area contributed by atoms with Crippen molar-refractivity contribution in [2.24, 2.45) is 0 Å². The summed E-state index contributed by atoms with van der Waals surface area (Å²) >= 11 is 6.11. The number of amides is 2. The molecule has 2 aromatic rings. The van der Waals surface area contributed by atoms with Crippen LogP contribution in [-0.4, -0.2) is 22.8 Å². The number of anilines is 1. The second kappa shape index (κ2) is 7.87. The van der Waals surface area contributed by atoms with Crippen molar-refractivity contribution in [3.05, 3.63) is 64.4 Å². The zero-order valence-electron chi connectivity index (χ0n) is 14.5. The average molecular weight is 375 g/mol. The molecule has 0 heterocycles. The highest BCUT2D eigenvalue weighted by molar-refractivity contribution is 6.31. The van der Waals surface area contributed by atoms with E-state index in [4.69, 9.17) is 11.6 Å². The van der Waals surface area contributed by atoms with Gasteiger partial charge in [0.05, 0.1) is 13.0 Å². The van der Waals surface area contributed by atoms with E-state index in [1.165, 1.54) is 13.0 Å². The van der Waals surface area contributed by atoms with Crippen molar-refractivity contribution in [1.82, 2.24) is 4.90 Å². The number of rotatable bonds is 6. The van der Waals surface area contributed by atoms with Gasteiger partial charge in [-0.1, -0.05) is 29.8 Å². The molecule has 3 rings (SSSR count). The van der Waals surface area contributed by atoms with Crippen LogP contribution in [0.15, 0.2) is 42.5 Å². The lowest BCUT2D eigenvalue weighted by Gasteiger charge is -2.23. The summed E-state index contributed by atoms with van der Waals surface area (Å²) < 4.78 is 14.1. The van der Waals surface area contributed by atoms with Crippen LogP contribution in [0, 0.1) is 5.82 Å². The average Bonchev–Trinajstić information content (AvgIpc) is 3.40. The Balaban J connectivity index is 1.70. The summed E-state index contributed by atoms with van der Waals surface area (Å²) in [6.45, 7) is 1.62. The summed E-state index contributed by atoms with van der Waals surface area (Å²) in [5.74, 6) is -0.592. The van der Waals surface area contributed by atoms with Crippen molar-refractivity contribution < 1.29 is 14.0 Å². The van der Waals surface area contributed by atoms with Crippen LogP contribution in [0.25, 0.3) is 0 Å². The molecule has 136 valence electrons. The topological polar surface area (TPSA) is 49.4 Å². The zero-order valence-corrected chi connectivity index (χ0v) is 15.2. The third-order valence-electron chi connectivity index (χ3n) is 4.33. The van der Waals surface area contributed by atoms with E-state index in [0.717, 1.165) is 18.4 Å². The van der Waals surface area contributed by atoms with Crippen LogP contribution < -0.4 is 5.32 Å². The predicted molar refractivity (Wildman–Crippen MR) is 99.4 cm³/mol. The molecule has 0 spiro atoms. The van der Waals surface area contributed by atoms with E-state index < -0.39 is 5.82 Å². The molecule has 6 heteroatoms. The summed E-state index contributed by atoms with van der Waals surface area (Å²) in [5, 5.41) is 3.03. The minimum Gasteiger partial charge on any atom is -0.335 e. The number of hydrogen-bond acceptors (Lipinski definition) is 2. The molecule has 1 aliphatic rings. The van der Waals surface area contributed by atoms with Crippen molar-refractivity contribution in [2.75, 3.05) is 5.32 Å². The van der Waals surface area contributed by atoms with Crippen molar-refractivity contribution >= 4 is 29.1 Å². The largest absolute Gasteiger partial charge is 0.335 e. The first-order valence-corrected chi connectivity index (χ1v) is 8.90. The van der Waals surface area contributed by atoms with Gasteiger partial charge >= 0.3 is 0 Å². The van der Waals surface area contributed by atoms with E-state index in [2.05, 4.69) is 5.32 Å². The van der Waals surface area contributed by atoms with Gasteiger partial charge in [-0.05, 0) is 42.7 Å². The summed E-state index contributed by atoms with van der Waals surface area (Å²) in [6.07, 6.45) is 2.08. The Bertz CT molecular complexity index is 799. The summed E-state index contributed by atoms with van der Waals surface area (Å²) in [5.41, 5.74) is 1.88. The molecule has 0 aliphatic heterocycles. The van der Waals surface area contributed by atoms with Gasteiger partial charge in [-0.2, -0.15) is 0 Å². The van der Waals surface area contributed by atoms with Gasteiger partial charge in [0, 0.05) is 29.2 Å². The number of benzene rings is 2. The molecule has 0 aromatic heterocycles. The second-order valence-corrected chi connectivity index (χ2v) is 6.92. The standard InChI is InChI=1S/C20H20ClFN2O2/c1-13(25)23-15-7-5-14(6-8-15)11-20(26)24(16-9-10-16)12-17-18(21)3-2-4-19(17)22/h2-8,16H,9-12H2,1H3,(H,23,25). The maximum absolute atomic E-state index is 14.1. The van der Waals surface area contributed by atoms with Crippen LogP contribution in [0.4, 0.5) is 10.1 Å². The fraction of sp³-hybridized carbons (Fsp3) is 0.300. The molecule has 1 fully saturated rings. The van der Waals surface area contributed by atoms with E-state index in [1.54, 1.807) is 29.2 Å². The van der Waals surface area contributed by atoms with Crippen LogP contribution >= 0.6 is 11.6 Å². The van der Waals surface area contributed by atoms with Crippen LogP contribution in [0.1, 0.15) is 30.9 Å². The third kappa shape index (κ3) is 4.61. The molecule has 0 unspecified atom stereocenters. The molecular weight excluding hydrogens is 355 g/mol. The maximum Gasteiger partial charge on any atom is 0.227 e. The predicted octanol–water partition coefficient (Wildman–Crippen LogP) is 4.17. The molecule has 1 N–H and O–H groups in total. The fourth-order valence-electron chi connectivity index (χ4n) is 2.85. The number of halogens is 2. The number of nitrogens with zero attached hydrogens (tertiary/aromatic N) is 1. The van der Waals surface area contributed by atoms with E-state index in [-0.39, 0.29) is 30.8 Å². The van der Waals surface area contributed by atoms with Gasteiger partial charge in [-0.15, -0.1) is 0 Å². The summed E-state index contributed by atoms with van der Waals surface area (Å²) in [6, 6.07) is 11.8. The van der Waals surface area contributed by atoms with Gasteiger partial charge in [0.2, 0.25) is 11.8 Å². The first-order chi connectivity index (χ1) is 12.4. The summed E-state index contributed by atoms with van der Waals surface area (Å²) in [7, 11) is 0. The van der Waals surface area contributed by atoms with Crippen molar-refractivity contribution in [1.29, 1.82) is 0 Å². The Labute approximate surface area is 157 Å². The lowest BCUT2D eigenvalue weighted by atomic mass is 10.1. The van der Waals surface area contributed by atoms with Crippen molar-refractivity contribution in [3.8, 4) is 0 Å². The monoisotopic (exact) mass is 374 g/mol. The molecule has 1 aliphatic carbocycles. The minimum atomic E-state index is -0.393. The number of carbonyl (C=O) groups is 2. The van der Waals surface area contributed by atoms with E-state index >= 15 is 0 Å². The molecule has 1 saturated carbocycles. The highest BCUT2D eigenvalue weighted by Gasteiger charge is 2.33. The number of hydrogen-bond donors (Lipinski definition) is 1. The lowest BCUT2D eigenvalue weighted by molar-refractivity contribution is -0.131. The molecule has 0 saturated heterocycles. The molecule has 2 aromatic carbocycles. The molecule has 2 amide bonds. The van der Waals surface area contributed by atoms with Crippen molar-refractivity contribution in [3.63, 3.8) is 0 Å². The Morgan fingerprint density at radius 3 is 2.46 bits per heavy atom. The third-order valence-corrected chi connectivity index (χ3v) is 4.68. The quantitative estimate of drug-likeness (QED) is 0.824. The zero-order chi connectivity index (χ0) is 18.7. The van der Waals surface area contributed by atoms with Crippen molar-refractivity contribution in [2.45, 2.75) is 38.8 Å². The molecular formula is C20H20ClFN2O2. The van der Waals surface area contributed by atoms with Gasteiger partial charge in [0.1, 0.15) is 5.82 Å². The van der Waals surface area contributed by atoms with Crippen LogP contribution in [0.5, 0.6) is 0 Å². The molecule has 0 bridgehead atoms. The van der Waals surface area contributed by atoms with E-state index in [9.17, 15) is 14.0 Å². The van der Waals surface area contributed by atoms with Crippen LogP contribution in [0.3, 0.4) is 0 Å². The Morgan fingerprint density at radius 2 is 1.88 bits per heavy atom. The molecule has 4 nitrogen and oxygen atoms in total. The molecule has 0 radical (unpaired) electrons. The van der Waals surface area contributed by atoms with Crippen LogP contribution in [-0.2, 0) is 22.6 Å². The smallest absolute Gasteiger partial charge is 0.227 e. The molecule has 26 heavy (non-hydrogen) atoms.